The van der Waals surface area contributed by atoms with Crippen LogP contribution in [0.2, 0.25) is 0 Å². The molecule has 2 aromatic heterocycles. The quantitative estimate of drug-likeness (QED) is 0.508. The van der Waals surface area contributed by atoms with Crippen LogP contribution in [-0.4, -0.2) is 4.98 Å². The number of nitrogens with zero attached hydrogens (tertiary/aromatic N) is 1. The second-order valence-corrected chi connectivity index (χ2v) is 5.82. The second-order valence-electron chi connectivity index (χ2n) is 4.82. The molecule has 0 atom stereocenters. The molecule has 0 amide bonds. The monoisotopic (exact) mass is 295 g/mol. The van der Waals surface area contributed by atoms with Gasteiger partial charge in [0.15, 0.2) is 0 Å². The van der Waals surface area contributed by atoms with Gasteiger partial charge in [-0.15, -0.1) is 0 Å². The Morgan fingerprint density at radius 1 is 1.19 bits per heavy atom. The van der Waals surface area contributed by atoms with Gasteiger partial charge in [0.1, 0.15) is 11.3 Å². The number of benzene rings is 2. The van der Waals surface area contributed by atoms with Gasteiger partial charge in [0.2, 0.25) is 0 Å². The van der Waals surface area contributed by atoms with Crippen molar-refractivity contribution in [2.45, 2.75) is 13.3 Å². The van der Waals surface area contributed by atoms with Crippen LogP contribution in [0.1, 0.15) is 12.5 Å². The molecule has 3 nitrogen and oxygen atoms in total. The van der Waals surface area contributed by atoms with Crippen molar-refractivity contribution in [2.24, 2.45) is 0 Å². The first-order valence-electron chi connectivity index (χ1n) is 6.87. The Morgan fingerprint density at radius 3 is 2.95 bits per heavy atom. The van der Waals surface area contributed by atoms with Crippen LogP contribution in [0.15, 0.2) is 53.1 Å². The summed E-state index contributed by atoms with van der Waals surface area (Å²) >= 11 is 1.54. The average molecular weight is 295 g/mol. The van der Waals surface area contributed by atoms with Crippen molar-refractivity contribution in [3.8, 4) is 10.9 Å². The summed E-state index contributed by atoms with van der Waals surface area (Å²) in [6.07, 6.45) is 2.78. The lowest BCUT2D eigenvalue weighted by Crippen LogP contribution is -1.83. The SMILES string of the molecule is CCc1coc2cc(Oc3nc4ccccc4s3)ccc12. The maximum atomic E-state index is 5.86. The molecule has 104 valence electrons. The highest BCUT2D eigenvalue weighted by molar-refractivity contribution is 7.20. The number of hydrogen-bond acceptors (Lipinski definition) is 4. The Labute approximate surface area is 125 Å². The lowest BCUT2D eigenvalue weighted by atomic mass is 10.1. The van der Waals surface area contributed by atoms with E-state index >= 15 is 0 Å². The van der Waals surface area contributed by atoms with Gasteiger partial charge < -0.3 is 9.15 Å². The van der Waals surface area contributed by atoms with Crippen LogP contribution >= 0.6 is 11.3 Å². The Kier molecular flexibility index (Phi) is 2.89. The molecule has 21 heavy (non-hydrogen) atoms. The molecule has 0 saturated heterocycles. The van der Waals surface area contributed by atoms with Gasteiger partial charge >= 0.3 is 0 Å². The van der Waals surface area contributed by atoms with Crippen LogP contribution in [0.5, 0.6) is 10.9 Å². The molecule has 0 bridgehead atoms. The molecule has 0 aliphatic heterocycles. The van der Waals surface area contributed by atoms with Crippen molar-refractivity contribution < 1.29 is 9.15 Å². The number of ether oxygens (including phenoxy) is 1. The van der Waals surface area contributed by atoms with Crippen LogP contribution in [0.3, 0.4) is 0 Å². The van der Waals surface area contributed by atoms with Crippen LogP contribution in [-0.2, 0) is 6.42 Å². The van der Waals surface area contributed by atoms with Gasteiger partial charge in [-0.1, -0.05) is 30.4 Å². The minimum Gasteiger partial charge on any atom is -0.464 e. The number of hydrogen-bond donors (Lipinski definition) is 0. The minimum absolute atomic E-state index is 0.651. The molecule has 0 aliphatic carbocycles. The van der Waals surface area contributed by atoms with Crippen molar-refractivity contribution in [3.63, 3.8) is 0 Å². The highest BCUT2D eigenvalue weighted by Gasteiger charge is 2.09. The molecule has 0 unspecified atom stereocenters. The van der Waals surface area contributed by atoms with E-state index in [2.05, 4.69) is 11.9 Å². The standard InChI is InChI=1S/C17H13NO2S/c1-2-11-10-19-15-9-12(7-8-13(11)15)20-17-18-14-5-3-4-6-16(14)21-17/h3-10H,2H2,1H3. The van der Waals surface area contributed by atoms with Gasteiger partial charge in [-0.25, -0.2) is 4.98 Å². The summed E-state index contributed by atoms with van der Waals surface area (Å²) < 4.78 is 12.6. The van der Waals surface area contributed by atoms with E-state index in [0.717, 1.165) is 33.4 Å². The minimum atomic E-state index is 0.651. The number of aromatic nitrogens is 1. The highest BCUT2D eigenvalue weighted by atomic mass is 32.1. The first kappa shape index (κ1) is 12.4. The topological polar surface area (TPSA) is 35.3 Å². The number of thiazole rings is 1. The van der Waals surface area contributed by atoms with E-state index in [1.165, 1.54) is 5.56 Å². The van der Waals surface area contributed by atoms with E-state index in [0.29, 0.717) is 5.19 Å². The molecule has 0 radical (unpaired) electrons. The van der Waals surface area contributed by atoms with Crippen molar-refractivity contribution in [3.05, 3.63) is 54.3 Å². The lowest BCUT2D eigenvalue weighted by Gasteiger charge is -2.01. The molecule has 4 rings (SSSR count). The zero-order valence-electron chi connectivity index (χ0n) is 11.5. The number of aryl methyl sites for hydroxylation is 1. The number of fused-ring (bicyclic) bond motifs is 2. The zero-order valence-corrected chi connectivity index (χ0v) is 12.3. The van der Waals surface area contributed by atoms with Crippen molar-refractivity contribution >= 4 is 32.5 Å². The Morgan fingerprint density at radius 2 is 2.10 bits per heavy atom. The van der Waals surface area contributed by atoms with Gasteiger partial charge in [0.05, 0.1) is 16.5 Å². The second kappa shape index (κ2) is 4.90. The Bertz CT molecular complexity index is 890. The molecular weight excluding hydrogens is 282 g/mol. The van der Waals surface area contributed by atoms with E-state index in [-0.39, 0.29) is 0 Å². The molecule has 2 aromatic carbocycles. The van der Waals surface area contributed by atoms with Gasteiger partial charge in [-0.3, -0.25) is 0 Å². The van der Waals surface area contributed by atoms with Crippen LogP contribution in [0.25, 0.3) is 21.2 Å². The smallest absolute Gasteiger partial charge is 0.279 e. The fourth-order valence-corrected chi connectivity index (χ4v) is 3.23. The summed E-state index contributed by atoms with van der Waals surface area (Å²) in [5, 5.41) is 1.80. The van der Waals surface area contributed by atoms with Crippen molar-refractivity contribution in [1.82, 2.24) is 4.98 Å². The maximum absolute atomic E-state index is 5.86. The highest BCUT2D eigenvalue weighted by Crippen LogP contribution is 2.33. The molecule has 0 aliphatic rings. The summed E-state index contributed by atoms with van der Waals surface area (Å²) in [6, 6.07) is 13.9. The Hall–Kier alpha value is -2.33. The van der Waals surface area contributed by atoms with E-state index in [1.807, 2.05) is 48.7 Å². The predicted molar refractivity (Wildman–Crippen MR) is 85.3 cm³/mol. The molecule has 2 heterocycles. The third kappa shape index (κ3) is 2.17. The summed E-state index contributed by atoms with van der Waals surface area (Å²) in [7, 11) is 0. The third-order valence-corrected chi connectivity index (χ3v) is 4.40. The van der Waals surface area contributed by atoms with Gasteiger partial charge in [-0.2, -0.15) is 0 Å². The van der Waals surface area contributed by atoms with E-state index < -0.39 is 0 Å². The van der Waals surface area contributed by atoms with Gasteiger partial charge in [0.25, 0.3) is 5.19 Å². The van der Waals surface area contributed by atoms with E-state index in [1.54, 1.807) is 11.3 Å². The molecule has 0 spiro atoms. The molecule has 0 fully saturated rings. The van der Waals surface area contributed by atoms with Crippen molar-refractivity contribution in [1.29, 1.82) is 0 Å². The van der Waals surface area contributed by atoms with E-state index in [4.69, 9.17) is 9.15 Å². The molecule has 0 saturated carbocycles. The number of rotatable bonds is 3. The van der Waals surface area contributed by atoms with Crippen LogP contribution in [0, 0.1) is 0 Å². The average Bonchev–Trinajstić information content (AvgIpc) is 3.09. The number of para-hydroxylation sites is 1. The first-order valence-corrected chi connectivity index (χ1v) is 7.68. The van der Waals surface area contributed by atoms with Gasteiger partial charge in [0, 0.05) is 11.5 Å². The number of furan rings is 1. The molecule has 4 aromatic rings. The van der Waals surface area contributed by atoms with E-state index in [9.17, 15) is 0 Å². The summed E-state index contributed by atoms with van der Waals surface area (Å²) in [5.41, 5.74) is 3.03. The normalized spacial score (nSPS) is 11.3. The molecular formula is C17H13NO2S. The Balaban J connectivity index is 1.70. The fraction of sp³-hybridized carbons (Fsp3) is 0.118. The largest absolute Gasteiger partial charge is 0.464 e. The summed E-state index contributed by atoms with van der Waals surface area (Å²) in [5.74, 6) is 0.749. The lowest BCUT2D eigenvalue weighted by molar-refractivity contribution is 0.479. The molecule has 4 heteroatoms. The predicted octanol–water partition coefficient (Wildman–Crippen LogP) is 5.40. The molecule has 0 N–H and O–H groups in total. The van der Waals surface area contributed by atoms with Crippen molar-refractivity contribution in [2.75, 3.05) is 0 Å². The fourth-order valence-electron chi connectivity index (χ4n) is 2.40. The summed E-state index contributed by atoms with van der Waals surface area (Å²) in [4.78, 5) is 4.48. The third-order valence-electron chi connectivity index (χ3n) is 3.49. The first-order chi connectivity index (χ1) is 10.3. The zero-order chi connectivity index (χ0) is 14.2. The van der Waals surface area contributed by atoms with Crippen LogP contribution < -0.4 is 4.74 Å². The maximum Gasteiger partial charge on any atom is 0.279 e. The van der Waals surface area contributed by atoms with Crippen LogP contribution in [0.4, 0.5) is 0 Å². The van der Waals surface area contributed by atoms with Gasteiger partial charge in [-0.05, 0) is 36.2 Å². The summed E-state index contributed by atoms with van der Waals surface area (Å²) in [6.45, 7) is 2.12.